The number of nitrogens with one attached hydrogen (secondary N) is 4. The maximum atomic E-state index is 13.0. The fourth-order valence-corrected chi connectivity index (χ4v) is 16.1. The predicted molar refractivity (Wildman–Crippen MR) is 500 cm³/mol. The number of alkyl halides is 3. The van der Waals surface area contributed by atoms with E-state index >= 15 is 0 Å². The lowest BCUT2D eigenvalue weighted by Gasteiger charge is -2.08. The van der Waals surface area contributed by atoms with Gasteiger partial charge in [-0.3, -0.25) is 15.0 Å². The molecule has 0 saturated heterocycles. The van der Waals surface area contributed by atoms with E-state index in [2.05, 4.69) is 105 Å². The van der Waals surface area contributed by atoms with Crippen LogP contribution in [-0.2, 0) is 51.9 Å². The van der Waals surface area contributed by atoms with Gasteiger partial charge in [0.1, 0.15) is 28.5 Å². The fraction of sp³-hybridized carbons (Fsp3) is 0.0778. The van der Waals surface area contributed by atoms with Crippen LogP contribution in [-0.4, -0.2) is 164 Å². The van der Waals surface area contributed by atoms with E-state index in [9.17, 15) is 46.8 Å². The Hall–Kier alpha value is -16.4. The predicted octanol–water partition coefficient (Wildman–Crippen LogP) is 14.9. The van der Waals surface area contributed by atoms with Crippen molar-refractivity contribution < 1.29 is 51.1 Å². The average molecular weight is 1840 g/mol. The Morgan fingerprint density at radius 3 is 1.15 bits per heavy atom. The molecule has 1 aliphatic heterocycles. The molecule has 34 nitrogen and oxygen atoms in total. The van der Waals surface area contributed by atoms with Gasteiger partial charge in [-0.15, -0.1) is 0 Å². The van der Waals surface area contributed by atoms with Gasteiger partial charge in [-0.05, 0) is 133 Å². The molecule has 0 amide bonds. The van der Waals surface area contributed by atoms with Crippen LogP contribution >= 0.6 is 0 Å². The molecule has 14 N–H and O–H groups in total. The number of hydrogen-bond acceptors (Lipinski definition) is 30. The second-order valence-electron chi connectivity index (χ2n) is 29.7. The van der Waals surface area contributed by atoms with Gasteiger partial charge in [-0.2, -0.15) is 13.2 Å². The number of aromatic nitrogens is 20. The van der Waals surface area contributed by atoms with E-state index in [0.717, 1.165) is 84.8 Å². The summed E-state index contributed by atoms with van der Waals surface area (Å²) in [6, 6.07) is 55.8. The molecule has 1 aliphatic rings. The standard InChI is InChI=1S/C20H15F3N4O2S.C19H17N5O2S.C18H15N5O2S.C17H14N6O2S.C16H12N6.3H2/c1-30(28,29)14-5-2-11(3-6-14)17-10-25-19(24)18(27-17)16-9-12-8-13(20(21,22)23)4-7-15(12)26-16;1-11-4-3-5-14-16(11)24-19(23-14)17-18(20)21-10-15(22-17)12-6-8-13(9-7-12)27(2,25)26;1-26(24,25)12-6-4-5-11(9-12)15-10-20-17(19)16(21-15)18-22-13-7-2-3-8-14(13)23-18;1-26(24,25)11-4-2-10(3-5-11)13-9-20-16(18)15(21-13)17-22-12-6-7-19-8-14(12)23-17;17-15-14(16-21-11-5-1-2-6-12(11)22-16)20-13(9-19-15)10-4-3-7-18-8-10;;;/h2-8,10H,9H2,1H3,(H2,24,25);3-10H,1-2H3,(H2,20,21)(H,23,24);2-10H,1H3,(H2,19,20)(H,22,23);2-9H,1H3,(H2,18,20)(H,22,23);1-9H,(H2,17,19)(H,21,22);3*1H. The topological polar surface area (TPSA) is 548 Å². The average Bonchev–Trinajstić information content (AvgIpc) is 1.63. The van der Waals surface area contributed by atoms with Crippen molar-refractivity contribution in [3.8, 4) is 102 Å². The van der Waals surface area contributed by atoms with E-state index in [1.165, 1.54) is 61.5 Å². The van der Waals surface area contributed by atoms with Gasteiger partial charge in [0.2, 0.25) is 0 Å². The Bertz CT molecular complexity index is 8080. The first-order valence-corrected chi connectivity index (χ1v) is 46.8. The first-order chi connectivity index (χ1) is 62.5. The minimum atomic E-state index is -4.44. The largest absolute Gasteiger partial charge is 0.416 e. The number of rotatable bonds is 14. The molecular formula is C90H79F3N26O8S4. The normalized spacial score (nSPS) is 12.1. The van der Waals surface area contributed by atoms with Crippen LogP contribution in [0.5, 0.6) is 0 Å². The lowest BCUT2D eigenvalue weighted by molar-refractivity contribution is -0.137. The van der Waals surface area contributed by atoms with Crippen molar-refractivity contribution in [3.05, 3.63) is 278 Å². The van der Waals surface area contributed by atoms with Crippen molar-refractivity contribution in [1.29, 1.82) is 0 Å². The van der Waals surface area contributed by atoms with Crippen LogP contribution in [0.3, 0.4) is 0 Å². The van der Waals surface area contributed by atoms with Crippen LogP contribution in [0.2, 0.25) is 0 Å². The number of aromatic amines is 4. The van der Waals surface area contributed by atoms with Crippen LogP contribution in [0, 0.1) is 6.92 Å². The number of aryl methyl sites for hydroxylation is 1. The summed E-state index contributed by atoms with van der Waals surface area (Å²) in [6.07, 6.45) is 14.8. The zero-order valence-electron chi connectivity index (χ0n) is 69.5. The Balaban J connectivity index is 0.000000142. The van der Waals surface area contributed by atoms with Gasteiger partial charge in [-0.1, -0.05) is 84.9 Å². The number of halogens is 3. The molecule has 0 atom stereocenters. The number of para-hydroxylation sites is 5. The third kappa shape index (κ3) is 19.9. The molecule has 0 bridgehead atoms. The van der Waals surface area contributed by atoms with Gasteiger partial charge in [0.05, 0.1) is 146 Å². The zero-order chi connectivity index (χ0) is 92.4. The highest BCUT2D eigenvalue weighted by molar-refractivity contribution is 7.91. The molecule has 131 heavy (non-hydrogen) atoms. The number of anilines is 5. The summed E-state index contributed by atoms with van der Waals surface area (Å²) in [6.45, 7) is 1.99. The van der Waals surface area contributed by atoms with Gasteiger partial charge in [0.25, 0.3) is 0 Å². The van der Waals surface area contributed by atoms with Crippen LogP contribution in [0.1, 0.15) is 26.7 Å². The summed E-state index contributed by atoms with van der Waals surface area (Å²) in [5, 5.41) is 0. The second-order valence-corrected chi connectivity index (χ2v) is 37.8. The van der Waals surface area contributed by atoms with E-state index in [1.807, 2.05) is 85.8 Å². The Labute approximate surface area is 748 Å². The van der Waals surface area contributed by atoms with E-state index in [4.69, 9.17) is 28.7 Å². The summed E-state index contributed by atoms with van der Waals surface area (Å²) < 4.78 is 132. The number of aliphatic imine (C=N–C) groups is 1. The number of sulfone groups is 4. The molecule has 0 fully saturated rings. The van der Waals surface area contributed by atoms with Crippen molar-refractivity contribution >= 4 is 124 Å². The van der Waals surface area contributed by atoms with Crippen LogP contribution in [0.15, 0.2) is 281 Å². The van der Waals surface area contributed by atoms with Crippen LogP contribution < -0.4 is 28.7 Å². The van der Waals surface area contributed by atoms with Gasteiger partial charge in [0, 0.05) is 82.1 Å². The van der Waals surface area contributed by atoms with Gasteiger partial charge in [-0.25, -0.2) is 103 Å². The van der Waals surface area contributed by atoms with Crippen LogP contribution in [0.4, 0.5) is 47.9 Å². The number of fused-ring (bicyclic) bond motifs is 5. The third-order valence-electron chi connectivity index (χ3n) is 20.2. The summed E-state index contributed by atoms with van der Waals surface area (Å²) >= 11 is 0. The van der Waals surface area contributed by atoms with Gasteiger partial charge < -0.3 is 48.6 Å². The molecule has 0 aliphatic carbocycles. The van der Waals surface area contributed by atoms with Crippen molar-refractivity contribution in [2.24, 2.45) is 4.99 Å². The molecule has 41 heteroatoms. The minimum absolute atomic E-state index is 0. The van der Waals surface area contributed by atoms with Gasteiger partial charge in [0.15, 0.2) is 91.7 Å². The maximum absolute atomic E-state index is 13.0. The lowest BCUT2D eigenvalue weighted by atomic mass is 10.0. The molecule has 0 unspecified atom stereocenters. The summed E-state index contributed by atoms with van der Waals surface area (Å²) in [5.41, 5.74) is 46.8. The first-order valence-electron chi connectivity index (χ1n) is 39.2. The van der Waals surface area contributed by atoms with E-state index in [1.54, 1.807) is 122 Å². The molecule has 662 valence electrons. The van der Waals surface area contributed by atoms with Crippen molar-refractivity contribution in [1.82, 2.24) is 99.7 Å². The highest BCUT2D eigenvalue weighted by Gasteiger charge is 2.33. The van der Waals surface area contributed by atoms with E-state index < -0.39 is 51.1 Å². The number of nitrogen functional groups attached to an aromatic ring is 5. The summed E-state index contributed by atoms with van der Waals surface area (Å²) in [7, 11) is -13.1. The Morgan fingerprint density at radius 2 is 0.718 bits per heavy atom. The number of imidazole rings is 4. The zero-order valence-corrected chi connectivity index (χ0v) is 72.7. The van der Waals surface area contributed by atoms with Crippen molar-refractivity contribution in [2.75, 3.05) is 53.7 Å². The van der Waals surface area contributed by atoms with Gasteiger partial charge >= 0.3 is 6.18 Å². The number of benzene rings is 8. The molecule has 8 aromatic carbocycles. The molecule has 0 saturated carbocycles. The second kappa shape index (κ2) is 35.8. The molecule has 0 radical (unpaired) electrons. The molecule has 19 aromatic rings. The molecular weight excluding hydrogens is 1760 g/mol. The number of nitrogens with two attached hydrogens (primary N) is 5. The maximum Gasteiger partial charge on any atom is 0.416 e. The highest BCUT2D eigenvalue weighted by atomic mass is 32.2. The molecule has 0 spiro atoms. The minimum Gasteiger partial charge on any atom is -0.382 e. The third-order valence-corrected chi connectivity index (χ3v) is 24.7. The van der Waals surface area contributed by atoms with Crippen LogP contribution in [0.25, 0.3) is 146 Å². The number of nitrogens with zero attached hydrogens (tertiary/aromatic N) is 17. The quantitative estimate of drug-likeness (QED) is 0.0488. The smallest absolute Gasteiger partial charge is 0.382 e. The van der Waals surface area contributed by atoms with Crippen molar-refractivity contribution in [3.63, 3.8) is 0 Å². The number of H-pyrrole nitrogens is 4. The highest BCUT2D eigenvalue weighted by Crippen LogP contribution is 2.39. The number of pyridine rings is 2. The molecule has 12 heterocycles. The molecule has 11 aromatic heterocycles. The molecule has 20 rings (SSSR count). The summed E-state index contributed by atoms with van der Waals surface area (Å²) in [5.74, 6) is 3.35. The van der Waals surface area contributed by atoms with E-state index in [0.29, 0.717) is 108 Å². The van der Waals surface area contributed by atoms with E-state index in [-0.39, 0.29) is 59.2 Å². The Morgan fingerprint density at radius 1 is 0.336 bits per heavy atom. The first kappa shape index (κ1) is 88.1. The Kier molecular flexibility index (Phi) is 24.1. The lowest BCUT2D eigenvalue weighted by Crippen LogP contribution is -2.10. The summed E-state index contributed by atoms with van der Waals surface area (Å²) in [4.78, 5) is 88.0. The fourth-order valence-electron chi connectivity index (χ4n) is 13.5. The monoisotopic (exact) mass is 1840 g/mol. The number of hydrogen-bond donors (Lipinski definition) is 9. The van der Waals surface area contributed by atoms with Crippen molar-refractivity contribution in [2.45, 2.75) is 39.1 Å². The SMILES string of the molecule is CS(=O)(=O)c1ccc(-c2cnc(N)c(-c3nc4ccncc4[nH]3)n2)cc1.CS(=O)(=O)c1ccc(-c2cnc(N)c(C3=Nc4ccc(C(F)(F)F)cc4C3)n2)cc1.CS(=O)(=O)c1cccc(-c2cnc(N)c(-c3nc4ccccc4[nH]3)n2)c1.Cc1cccc2[nH]c(-c3nc(-c4ccc(S(C)(=O)=O)cc4)cnc3N)nc12.Nc1ncc(-c2cccnc2)nc1-c1nc2ccccc2[nH]1.[HH].[HH].[HH].